The van der Waals surface area contributed by atoms with E-state index in [2.05, 4.69) is 18.7 Å². The van der Waals surface area contributed by atoms with Crippen molar-refractivity contribution in [3.05, 3.63) is 33.5 Å². The molecule has 1 N–H and O–H groups in total. The van der Waals surface area contributed by atoms with Gasteiger partial charge in [0.2, 0.25) is 0 Å². The first-order chi connectivity index (χ1) is 25.4. The third kappa shape index (κ3) is 10.4. The van der Waals surface area contributed by atoms with Gasteiger partial charge in [-0.2, -0.15) is 0 Å². The lowest BCUT2D eigenvalue weighted by molar-refractivity contribution is -0.141. The molecule has 0 bridgehead atoms. The second kappa shape index (κ2) is 18.0. The first-order valence-corrected chi connectivity index (χ1v) is 22.0. The second-order valence-electron chi connectivity index (χ2n) is 17.5. The fourth-order valence-electron chi connectivity index (χ4n) is 9.37. The highest BCUT2D eigenvalue weighted by molar-refractivity contribution is 8.24. The summed E-state index contributed by atoms with van der Waals surface area (Å²) in [6.45, 7) is 15.8. The Kier molecular flexibility index (Phi) is 13.6. The Morgan fingerprint density at radius 1 is 0.698 bits per heavy atom. The van der Waals surface area contributed by atoms with Gasteiger partial charge in [-0.05, 0) is 139 Å². The minimum absolute atomic E-state index is 0.0349. The molecule has 0 saturated heterocycles. The number of rotatable bonds is 10. The number of hydrogen-bond donors (Lipinski definition) is 1. The van der Waals surface area contributed by atoms with Crippen LogP contribution in [-0.2, 0) is 19.1 Å². The summed E-state index contributed by atoms with van der Waals surface area (Å²) in [5.74, 6) is 3.63. The van der Waals surface area contributed by atoms with Crippen molar-refractivity contribution in [2.45, 2.75) is 152 Å². The normalized spacial score (nSPS) is 30.5. The van der Waals surface area contributed by atoms with Gasteiger partial charge in [-0.3, -0.25) is 14.4 Å². The summed E-state index contributed by atoms with van der Waals surface area (Å²) in [5, 5.41) is 10.1. The maximum Gasteiger partial charge on any atom is 0.338 e. The Morgan fingerprint density at radius 3 is 1.43 bits per heavy atom. The predicted molar refractivity (Wildman–Crippen MR) is 208 cm³/mol. The van der Waals surface area contributed by atoms with E-state index < -0.39 is 11.6 Å². The van der Waals surface area contributed by atoms with Crippen LogP contribution >= 0.6 is 23.5 Å². The van der Waals surface area contributed by atoms with Crippen molar-refractivity contribution in [2.24, 2.45) is 47.3 Å². The number of hydrogen-bond acceptors (Lipinski definition) is 9. The largest absolute Gasteiger partial charge is 0.470 e. The summed E-state index contributed by atoms with van der Waals surface area (Å²) < 4.78 is 18.0. The van der Waals surface area contributed by atoms with E-state index in [1.807, 2.05) is 0 Å². The molecule has 0 radical (unpaired) electrons. The summed E-state index contributed by atoms with van der Waals surface area (Å²) >= 11 is 2.35. The molecule has 5 aliphatic rings. The number of ether oxygens (including phenoxy) is 3. The van der Waals surface area contributed by atoms with Crippen LogP contribution in [0.4, 0.5) is 0 Å². The van der Waals surface area contributed by atoms with Crippen LogP contribution in [0.15, 0.2) is 31.9 Å². The molecule has 0 atom stereocenters. The molecule has 0 amide bonds. The number of carbonyl (C=O) groups is 3. The lowest BCUT2D eigenvalue weighted by atomic mass is 9.69. The Labute approximate surface area is 325 Å². The average molecular weight is 766 g/mol. The van der Waals surface area contributed by atoms with E-state index in [1.165, 1.54) is 74.9 Å². The van der Waals surface area contributed by atoms with Crippen LogP contribution < -0.4 is 9.47 Å². The maximum atomic E-state index is 13.6. The molecule has 1 aliphatic heterocycles. The number of nitrogens with zero attached hydrogens (tertiary/aromatic N) is 1. The van der Waals surface area contributed by atoms with Gasteiger partial charge in [0.15, 0.2) is 0 Å². The third-order valence-corrected chi connectivity index (χ3v) is 15.6. The minimum atomic E-state index is -1.02. The molecule has 290 valence electrons. The average Bonchev–Trinajstić information content (AvgIpc) is 3.59. The highest BCUT2D eigenvalue weighted by atomic mass is 32.2. The van der Waals surface area contributed by atoms with E-state index >= 15 is 0 Å². The van der Waals surface area contributed by atoms with Crippen molar-refractivity contribution in [1.29, 1.82) is 0 Å². The first-order valence-electron chi connectivity index (χ1n) is 20.4. The van der Waals surface area contributed by atoms with Crippen molar-refractivity contribution in [3.63, 3.8) is 0 Å². The monoisotopic (exact) mass is 765 g/mol. The molecule has 1 aromatic carbocycles. The van der Waals surface area contributed by atoms with Crippen molar-refractivity contribution >= 4 is 41.4 Å². The number of fused-ring (bicyclic) bond motifs is 1. The Balaban J connectivity index is 1.14. The molecule has 1 heterocycles. The fourth-order valence-corrected chi connectivity index (χ4v) is 11.9. The van der Waals surface area contributed by atoms with Gasteiger partial charge in [0.25, 0.3) is 5.70 Å². The zero-order valence-corrected chi connectivity index (χ0v) is 33.8. The van der Waals surface area contributed by atoms with Gasteiger partial charge in [-0.25, -0.2) is 4.85 Å². The van der Waals surface area contributed by atoms with Gasteiger partial charge in [0.1, 0.15) is 11.5 Å². The van der Waals surface area contributed by atoms with E-state index in [-0.39, 0.29) is 42.5 Å². The molecule has 4 saturated carbocycles. The number of carbonyl (C=O) groups excluding carboxylic acids is 3. The van der Waals surface area contributed by atoms with Crippen LogP contribution in [0.1, 0.15) is 137 Å². The number of esters is 3. The Hall–Kier alpha value is -2.48. The quantitative estimate of drug-likeness (QED) is 0.108. The number of benzene rings is 1. The van der Waals surface area contributed by atoms with Crippen LogP contribution in [0.2, 0.25) is 0 Å². The lowest BCUT2D eigenvalue weighted by Crippen LogP contribution is -2.30. The van der Waals surface area contributed by atoms with Crippen molar-refractivity contribution < 1.29 is 33.7 Å². The molecular weight excluding hydrogens is 707 g/mol. The van der Waals surface area contributed by atoms with Gasteiger partial charge < -0.3 is 19.3 Å². The molecule has 6 rings (SSSR count). The van der Waals surface area contributed by atoms with E-state index in [4.69, 9.17) is 20.8 Å². The highest BCUT2D eigenvalue weighted by Gasteiger charge is 2.38. The summed E-state index contributed by atoms with van der Waals surface area (Å²) in [5.41, 5.74) is -1.20. The summed E-state index contributed by atoms with van der Waals surface area (Å²) in [7, 11) is 0. The Morgan fingerprint density at radius 2 is 1.08 bits per heavy atom. The predicted octanol–water partition coefficient (Wildman–Crippen LogP) is 10.8. The fraction of sp³-hybridized carbons (Fsp3) is 0.721. The van der Waals surface area contributed by atoms with Crippen molar-refractivity contribution in [2.75, 3.05) is 6.61 Å². The van der Waals surface area contributed by atoms with E-state index in [0.717, 1.165) is 75.0 Å². The molecule has 53 heavy (non-hydrogen) atoms. The maximum absolute atomic E-state index is 13.6. The van der Waals surface area contributed by atoms with Crippen LogP contribution in [0.3, 0.4) is 0 Å². The zero-order valence-electron chi connectivity index (χ0n) is 32.2. The smallest absolute Gasteiger partial charge is 0.338 e. The molecule has 1 aromatic rings. The van der Waals surface area contributed by atoms with E-state index in [1.54, 1.807) is 26.0 Å². The summed E-state index contributed by atoms with van der Waals surface area (Å²) in [4.78, 5) is 45.0. The zero-order chi connectivity index (χ0) is 37.7. The Bertz CT molecular complexity index is 1460. The van der Waals surface area contributed by atoms with Crippen LogP contribution in [0, 0.1) is 53.9 Å². The highest BCUT2D eigenvalue weighted by Crippen LogP contribution is 2.59. The SMILES string of the molecule is [C-]#[N+]C(C(=O)OCCC(C)(C)O)=C1Sc2c(OC(=O)C3CCC(C4CCC(C)CC4)CC3)ccc(OC(=O)C3CCC(C4CCC(C)CC4)CC3)c2S1. The van der Waals surface area contributed by atoms with Gasteiger partial charge in [0.05, 0.1) is 44.6 Å². The van der Waals surface area contributed by atoms with Gasteiger partial charge >= 0.3 is 17.9 Å². The molecule has 4 aliphatic carbocycles. The van der Waals surface area contributed by atoms with E-state index in [0.29, 0.717) is 37.4 Å². The number of aliphatic hydroxyl groups is 1. The summed E-state index contributed by atoms with van der Waals surface area (Å²) in [6, 6.07) is 3.37. The van der Waals surface area contributed by atoms with Crippen LogP contribution in [0.5, 0.6) is 11.5 Å². The number of thioether (sulfide) groups is 2. The third-order valence-electron chi connectivity index (χ3n) is 13.0. The molecule has 0 unspecified atom stereocenters. The molecule has 10 heteroatoms. The van der Waals surface area contributed by atoms with Crippen LogP contribution in [0.25, 0.3) is 4.85 Å². The van der Waals surface area contributed by atoms with Crippen molar-refractivity contribution in [1.82, 2.24) is 0 Å². The standard InChI is InChI=1S/C43H59NO7S2/c1-26-6-10-28(11-7-26)30-14-18-32(19-15-30)39(45)50-34-22-23-35(51-40(46)33-20-16-31(17-21-33)29-12-8-27(2)9-13-29)38-37(34)52-42(53-38)36(44-5)41(47)49-25-24-43(3,4)48/h22-23,26-33,48H,6-21,24-25H2,1-4H3. The molecule has 8 nitrogen and oxygen atoms in total. The van der Waals surface area contributed by atoms with Gasteiger partial charge in [-0.15, -0.1) is 0 Å². The van der Waals surface area contributed by atoms with E-state index in [9.17, 15) is 19.5 Å². The molecule has 0 aromatic heterocycles. The van der Waals surface area contributed by atoms with Crippen molar-refractivity contribution in [3.8, 4) is 11.5 Å². The minimum Gasteiger partial charge on any atom is -0.470 e. The van der Waals surface area contributed by atoms with Crippen LogP contribution in [-0.4, -0.2) is 35.2 Å². The lowest BCUT2D eigenvalue weighted by Gasteiger charge is -2.36. The first kappa shape index (κ1) is 40.2. The second-order valence-corrected chi connectivity index (χ2v) is 19.8. The molecule has 4 fully saturated rings. The van der Waals surface area contributed by atoms with Gasteiger partial charge in [0, 0.05) is 6.42 Å². The topological polar surface area (TPSA) is 103 Å². The molecule has 0 spiro atoms. The summed E-state index contributed by atoms with van der Waals surface area (Å²) in [6.07, 6.45) is 18.2. The molecular formula is C43H59NO7S2. The van der Waals surface area contributed by atoms with Gasteiger partial charge in [-0.1, -0.05) is 63.1 Å².